The van der Waals surface area contributed by atoms with Gasteiger partial charge in [0, 0.05) is 36.8 Å². The van der Waals surface area contributed by atoms with Crippen LogP contribution in [-0.4, -0.2) is 18.0 Å². The molecule has 4 heteroatoms. The van der Waals surface area contributed by atoms with Crippen LogP contribution in [0.3, 0.4) is 0 Å². The van der Waals surface area contributed by atoms with Crippen LogP contribution in [0.5, 0.6) is 0 Å². The zero-order valence-electron chi connectivity index (χ0n) is 13.3. The van der Waals surface area contributed by atoms with Crippen molar-refractivity contribution >= 4 is 17.3 Å². The van der Waals surface area contributed by atoms with E-state index in [1.54, 1.807) is 0 Å². The second-order valence-electron chi connectivity index (χ2n) is 5.91. The van der Waals surface area contributed by atoms with Gasteiger partial charge in [-0.2, -0.15) is 0 Å². The average molecular weight is 328 g/mol. The first-order valence-electron chi connectivity index (χ1n) is 7.94. The fourth-order valence-electron chi connectivity index (χ4n) is 2.63. The van der Waals surface area contributed by atoms with E-state index < -0.39 is 0 Å². The zero-order valence-corrected chi connectivity index (χ0v) is 14.1. The molecule has 0 saturated heterocycles. The van der Waals surface area contributed by atoms with Crippen molar-refractivity contribution in [3.05, 3.63) is 76.5 Å². The van der Waals surface area contributed by atoms with Crippen molar-refractivity contribution in [3.8, 4) is 0 Å². The van der Waals surface area contributed by atoms with Gasteiger partial charge >= 0.3 is 0 Å². The number of benzene rings is 2. The van der Waals surface area contributed by atoms with E-state index >= 15 is 0 Å². The van der Waals surface area contributed by atoms with E-state index in [9.17, 15) is 0 Å². The van der Waals surface area contributed by atoms with Crippen LogP contribution in [0, 0.1) is 6.92 Å². The molecular weight excluding hydrogens is 306 g/mol. The van der Waals surface area contributed by atoms with Crippen molar-refractivity contribution in [3.63, 3.8) is 0 Å². The Balaban J connectivity index is 1.50. The molecule has 1 aliphatic rings. The standard InChI is InChI=1S/C19H22ClN3/c1-15-7-8-18(13-19(15)20)22-21-17-9-11-23(12-10-17)14-16-5-3-2-4-6-16/h2-9,13,21-22H,10-12,14H2,1H3. The molecule has 2 aromatic carbocycles. The van der Waals surface area contributed by atoms with Gasteiger partial charge in [-0.1, -0.05) is 48.0 Å². The molecule has 120 valence electrons. The first kappa shape index (κ1) is 15.9. The van der Waals surface area contributed by atoms with Crippen molar-refractivity contribution in [1.29, 1.82) is 0 Å². The van der Waals surface area contributed by atoms with Crippen molar-refractivity contribution in [2.75, 3.05) is 18.5 Å². The molecule has 2 aromatic rings. The van der Waals surface area contributed by atoms with Gasteiger partial charge in [-0.3, -0.25) is 4.90 Å². The number of nitrogens with zero attached hydrogens (tertiary/aromatic N) is 1. The third kappa shape index (κ3) is 4.50. The van der Waals surface area contributed by atoms with Crippen molar-refractivity contribution in [2.45, 2.75) is 19.9 Å². The SMILES string of the molecule is Cc1ccc(NNC2=CCN(Cc3ccccc3)CC2)cc1Cl. The Morgan fingerprint density at radius 3 is 2.61 bits per heavy atom. The Labute approximate surface area is 142 Å². The lowest BCUT2D eigenvalue weighted by Gasteiger charge is -2.27. The van der Waals surface area contributed by atoms with E-state index in [0.717, 1.165) is 42.3 Å². The van der Waals surface area contributed by atoms with Crippen LogP contribution in [0.2, 0.25) is 5.02 Å². The number of anilines is 1. The molecule has 1 heterocycles. The highest BCUT2D eigenvalue weighted by atomic mass is 35.5. The Kier molecular flexibility index (Phi) is 5.21. The van der Waals surface area contributed by atoms with Crippen molar-refractivity contribution in [1.82, 2.24) is 10.3 Å². The molecule has 1 aliphatic heterocycles. The molecule has 3 rings (SSSR count). The Morgan fingerprint density at radius 1 is 1.09 bits per heavy atom. The van der Waals surface area contributed by atoms with Gasteiger partial charge in [0.15, 0.2) is 0 Å². The topological polar surface area (TPSA) is 27.3 Å². The van der Waals surface area contributed by atoms with E-state index in [1.807, 2.05) is 25.1 Å². The van der Waals surface area contributed by atoms with Gasteiger partial charge in [0.2, 0.25) is 0 Å². The smallest absolute Gasteiger partial charge is 0.0554 e. The molecule has 0 bridgehead atoms. The molecule has 3 nitrogen and oxygen atoms in total. The molecule has 0 aliphatic carbocycles. The molecule has 0 aromatic heterocycles. The maximum Gasteiger partial charge on any atom is 0.0554 e. The largest absolute Gasteiger partial charge is 0.305 e. The molecule has 0 saturated carbocycles. The number of rotatable bonds is 5. The highest BCUT2D eigenvalue weighted by Crippen LogP contribution is 2.20. The minimum atomic E-state index is 0.781. The summed E-state index contributed by atoms with van der Waals surface area (Å²) in [6, 6.07) is 16.6. The fraction of sp³-hybridized carbons (Fsp3) is 0.263. The normalized spacial score (nSPS) is 15.1. The maximum absolute atomic E-state index is 6.14. The van der Waals surface area contributed by atoms with Gasteiger partial charge < -0.3 is 10.9 Å². The minimum absolute atomic E-state index is 0.781. The molecule has 0 unspecified atom stereocenters. The van der Waals surface area contributed by atoms with Crippen LogP contribution in [0.15, 0.2) is 60.3 Å². The van der Waals surface area contributed by atoms with Crippen molar-refractivity contribution < 1.29 is 0 Å². The molecule has 0 amide bonds. The van der Waals surface area contributed by atoms with Gasteiger partial charge in [0.1, 0.15) is 0 Å². The fourth-order valence-corrected chi connectivity index (χ4v) is 2.81. The molecular formula is C19H22ClN3. The van der Waals surface area contributed by atoms with E-state index in [2.05, 4.69) is 52.2 Å². The summed E-state index contributed by atoms with van der Waals surface area (Å²) < 4.78 is 0. The summed E-state index contributed by atoms with van der Waals surface area (Å²) in [5.74, 6) is 0. The van der Waals surface area contributed by atoms with Crippen LogP contribution in [0.1, 0.15) is 17.5 Å². The van der Waals surface area contributed by atoms with Crippen molar-refractivity contribution in [2.24, 2.45) is 0 Å². The summed E-state index contributed by atoms with van der Waals surface area (Å²) in [6.45, 7) is 5.04. The summed E-state index contributed by atoms with van der Waals surface area (Å²) in [6.07, 6.45) is 3.26. The van der Waals surface area contributed by atoms with Gasteiger partial charge in [0.25, 0.3) is 0 Å². The van der Waals surface area contributed by atoms with E-state index in [1.165, 1.54) is 11.3 Å². The third-order valence-corrected chi connectivity index (χ3v) is 4.49. The highest BCUT2D eigenvalue weighted by molar-refractivity contribution is 6.31. The Hall–Kier alpha value is -1.97. The zero-order chi connectivity index (χ0) is 16.1. The average Bonchev–Trinajstić information content (AvgIpc) is 2.58. The summed E-state index contributed by atoms with van der Waals surface area (Å²) >= 11 is 6.14. The number of hydrogen-bond acceptors (Lipinski definition) is 3. The summed E-state index contributed by atoms with van der Waals surface area (Å²) in [4.78, 5) is 2.45. The molecule has 0 atom stereocenters. The van der Waals surface area contributed by atoms with Crippen LogP contribution >= 0.6 is 11.6 Å². The molecule has 0 radical (unpaired) electrons. The second-order valence-corrected chi connectivity index (χ2v) is 6.32. The van der Waals surface area contributed by atoms with E-state index in [0.29, 0.717) is 0 Å². The van der Waals surface area contributed by atoms with E-state index in [-0.39, 0.29) is 0 Å². The molecule has 0 fully saturated rings. The lowest BCUT2D eigenvalue weighted by atomic mass is 10.1. The number of aryl methyl sites for hydroxylation is 1. The predicted molar refractivity (Wildman–Crippen MR) is 97.4 cm³/mol. The third-order valence-electron chi connectivity index (χ3n) is 4.08. The van der Waals surface area contributed by atoms with Crippen LogP contribution in [0.25, 0.3) is 0 Å². The Morgan fingerprint density at radius 2 is 1.91 bits per heavy atom. The van der Waals surface area contributed by atoms with Gasteiger partial charge in [0.05, 0.1) is 5.69 Å². The summed E-state index contributed by atoms with van der Waals surface area (Å²) in [5, 5.41) is 0.781. The summed E-state index contributed by atoms with van der Waals surface area (Å²) in [7, 11) is 0. The summed E-state index contributed by atoms with van der Waals surface area (Å²) in [5.41, 5.74) is 11.2. The minimum Gasteiger partial charge on any atom is -0.305 e. The van der Waals surface area contributed by atoms with Gasteiger partial charge in [-0.25, -0.2) is 0 Å². The first-order chi connectivity index (χ1) is 11.2. The second kappa shape index (κ2) is 7.53. The van der Waals surface area contributed by atoms with Gasteiger partial charge in [-0.05, 0) is 36.3 Å². The molecule has 0 spiro atoms. The molecule has 23 heavy (non-hydrogen) atoms. The Bertz CT molecular complexity index is 682. The quantitative estimate of drug-likeness (QED) is 0.799. The lowest BCUT2D eigenvalue weighted by Crippen LogP contribution is -2.33. The maximum atomic E-state index is 6.14. The molecule has 2 N–H and O–H groups in total. The number of hydrogen-bond donors (Lipinski definition) is 2. The van der Waals surface area contributed by atoms with Crippen LogP contribution in [-0.2, 0) is 6.54 Å². The van der Waals surface area contributed by atoms with Crippen LogP contribution < -0.4 is 10.9 Å². The number of nitrogens with one attached hydrogen (secondary N) is 2. The number of hydrazine groups is 1. The first-order valence-corrected chi connectivity index (χ1v) is 8.32. The number of halogens is 1. The van der Waals surface area contributed by atoms with Crippen LogP contribution in [0.4, 0.5) is 5.69 Å². The van der Waals surface area contributed by atoms with E-state index in [4.69, 9.17) is 11.6 Å². The monoisotopic (exact) mass is 327 g/mol. The predicted octanol–water partition coefficient (Wildman–Crippen LogP) is 4.35. The lowest BCUT2D eigenvalue weighted by molar-refractivity contribution is 0.283. The highest BCUT2D eigenvalue weighted by Gasteiger charge is 2.11. The van der Waals surface area contributed by atoms with Gasteiger partial charge in [-0.15, -0.1) is 0 Å².